The molecule has 0 fully saturated rings. The molecule has 0 aliphatic heterocycles. The van der Waals surface area contributed by atoms with Crippen molar-refractivity contribution in [2.45, 2.75) is 25.6 Å². The largest absolute Gasteiger partial charge is 0.460 e. The molecule has 3 nitrogen and oxygen atoms in total. The number of aromatic nitrogens is 1. The Morgan fingerprint density at radius 1 is 1.23 bits per heavy atom. The maximum absolute atomic E-state index is 12.9. The SMILES string of the molecule is CC(C(=O)OCc1ccccc1)c1cnccc1C(F)(F)F. The van der Waals surface area contributed by atoms with Crippen LogP contribution < -0.4 is 0 Å². The van der Waals surface area contributed by atoms with Crippen molar-refractivity contribution in [3.63, 3.8) is 0 Å². The van der Waals surface area contributed by atoms with Gasteiger partial charge in [-0.3, -0.25) is 9.78 Å². The molecule has 2 rings (SSSR count). The standard InChI is InChI=1S/C16H14F3NO2/c1-11(13-9-20-8-7-14(13)16(17,18)19)15(21)22-10-12-5-3-2-4-6-12/h2-9,11H,10H2,1H3. The summed E-state index contributed by atoms with van der Waals surface area (Å²) in [6.45, 7) is 1.39. The Morgan fingerprint density at radius 2 is 1.91 bits per heavy atom. The van der Waals surface area contributed by atoms with E-state index in [4.69, 9.17) is 4.74 Å². The zero-order chi connectivity index (χ0) is 16.2. The second-order valence-corrected chi connectivity index (χ2v) is 4.78. The average Bonchev–Trinajstić information content (AvgIpc) is 2.52. The summed E-state index contributed by atoms with van der Waals surface area (Å²) in [7, 11) is 0. The fourth-order valence-electron chi connectivity index (χ4n) is 1.99. The zero-order valence-corrected chi connectivity index (χ0v) is 11.8. The lowest BCUT2D eigenvalue weighted by molar-refractivity contribution is -0.147. The number of pyridine rings is 1. The van der Waals surface area contributed by atoms with Crippen molar-refractivity contribution >= 4 is 5.97 Å². The maximum Gasteiger partial charge on any atom is 0.416 e. The summed E-state index contributed by atoms with van der Waals surface area (Å²) in [5.41, 5.74) is -0.287. The summed E-state index contributed by atoms with van der Waals surface area (Å²) in [6.07, 6.45) is -2.43. The van der Waals surface area contributed by atoms with E-state index in [9.17, 15) is 18.0 Å². The van der Waals surface area contributed by atoms with Gasteiger partial charge in [-0.05, 0) is 24.1 Å². The van der Waals surface area contributed by atoms with Gasteiger partial charge in [-0.1, -0.05) is 30.3 Å². The summed E-state index contributed by atoms with van der Waals surface area (Å²) in [6, 6.07) is 9.78. The van der Waals surface area contributed by atoms with Gasteiger partial charge in [0.2, 0.25) is 0 Å². The maximum atomic E-state index is 12.9. The molecule has 116 valence electrons. The van der Waals surface area contributed by atoms with Crippen molar-refractivity contribution in [1.29, 1.82) is 0 Å². The Hall–Kier alpha value is -2.37. The van der Waals surface area contributed by atoms with Crippen LogP contribution in [0, 0.1) is 0 Å². The molecule has 0 radical (unpaired) electrons. The third kappa shape index (κ3) is 3.84. The number of hydrogen-bond acceptors (Lipinski definition) is 3. The van der Waals surface area contributed by atoms with Crippen molar-refractivity contribution in [3.8, 4) is 0 Å². The highest BCUT2D eigenvalue weighted by Crippen LogP contribution is 2.34. The first-order valence-electron chi connectivity index (χ1n) is 6.61. The number of rotatable bonds is 4. The Balaban J connectivity index is 2.11. The summed E-state index contributed by atoms with van der Waals surface area (Å²) in [5.74, 6) is -1.77. The number of hydrogen-bond donors (Lipinski definition) is 0. The molecule has 1 aromatic heterocycles. The van der Waals surface area contributed by atoms with Crippen LogP contribution in [0.4, 0.5) is 13.2 Å². The first-order valence-corrected chi connectivity index (χ1v) is 6.61. The van der Waals surface area contributed by atoms with Crippen molar-refractivity contribution in [2.24, 2.45) is 0 Å². The van der Waals surface area contributed by atoms with Crippen LogP contribution in [0.1, 0.15) is 29.5 Å². The topological polar surface area (TPSA) is 39.2 Å². The molecule has 0 aliphatic rings. The highest BCUT2D eigenvalue weighted by molar-refractivity contribution is 5.78. The smallest absolute Gasteiger partial charge is 0.416 e. The van der Waals surface area contributed by atoms with Gasteiger partial charge in [0.05, 0.1) is 11.5 Å². The van der Waals surface area contributed by atoms with Gasteiger partial charge >= 0.3 is 12.1 Å². The van der Waals surface area contributed by atoms with E-state index in [1.54, 1.807) is 24.3 Å². The summed E-state index contributed by atoms with van der Waals surface area (Å²) >= 11 is 0. The van der Waals surface area contributed by atoms with Crippen molar-refractivity contribution < 1.29 is 22.7 Å². The van der Waals surface area contributed by atoms with Crippen LogP contribution in [-0.4, -0.2) is 11.0 Å². The molecule has 22 heavy (non-hydrogen) atoms. The van der Waals surface area contributed by atoms with Gasteiger partial charge < -0.3 is 4.74 Å². The number of carbonyl (C=O) groups is 1. The quantitative estimate of drug-likeness (QED) is 0.803. The molecular formula is C16H14F3NO2. The molecule has 1 aromatic carbocycles. The van der Waals surface area contributed by atoms with Crippen LogP contribution >= 0.6 is 0 Å². The molecule has 0 amide bonds. The van der Waals surface area contributed by atoms with E-state index in [0.29, 0.717) is 0 Å². The van der Waals surface area contributed by atoms with Crippen molar-refractivity contribution in [2.75, 3.05) is 0 Å². The fourth-order valence-corrected chi connectivity index (χ4v) is 1.99. The summed E-state index contributed by atoms with van der Waals surface area (Å²) in [4.78, 5) is 15.7. The minimum Gasteiger partial charge on any atom is -0.460 e. The van der Waals surface area contributed by atoms with E-state index in [-0.39, 0.29) is 12.2 Å². The van der Waals surface area contributed by atoms with Crippen LogP contribution in [0.3, 0.4) is 0 Å². The number of nitrogens with zero attached hydrogens (tertiary/aromatic N) is 1. The number of alkyl halides is 3. The molecule has 1 unspecified atom stereocenters. The number of benzene rings is 1. The van der Waals surface area contributed by atoms with Gasteiger partial charge in [0.1, 0.15) is 6.61 Å². The van der Waals surface area contributed by atoms with E-state index in [1.165, 1.54) is 6.92 Å². The van der Waals surface area contributed by atoms with Gasteiger partial charge in [0.25, 0.3) is 0 Å². The summed E-state index contributed by atoms with van der Waals surface area (Å²) < 4.78 is 43.9. The highest BCUT2D eigenvalue weighted by atomic mass is 19.4. The van der Waals surface area contributed by atoms with Gasteiger partial charge in [-0.2, -0.15) is 13.2 Å². The molecular weight excluding hydrogens is 295 g/mol. The minimum atomic E-state index is -4.54. The normalized spacial score (nSPS) is 12.7. The van der Waals surface area contributed by atoms with Crippen LogP contribution in [-0.2, 0) is 22.3 Å². The third-order valence-corrected chi connectivity index (χ3v) is 3.20. The second-order valence-electron chi connectivity index (χ2n) is 4.78. The average molecular weight is 309 g/mol. The predicted molar refractivity (Wildman–Crippen MR) is 73.9 cm³/mol. The monoisotopic (exact) mass is 309 g/mol. The molecule has 1 heterocycles. The van der Waals surface area contributed by atoms with E-state index < -0.39 is 23.6 Å². The number of esters is 1. The molecule has 0 spiro atoms. The number of ether oxygens (including phenoxy) is 1. The van der Waals surface area contributed by atoms with Crippen LogP contribution in [0.2, 0.25) is 0 Å². The fraction of sp³-hybridized carbons (Fsp3) is 0.250. The zero-order valence-electron chi connectivity index (χ0n) is 11.8. The van der Waals surface area contributed by atoms with E-state index in [2.05, 4.69) is 4.98 Å². The minimum absolute atomic E-state index is 0.0195. The summed E-state index contributed by atoms with van der Waals surface area (Å²) in [5, 5.41) is 0. The second kappa shape index (κ2) is 6.60. The Kier molecular flexibility index (Phi) is 4.80. The predicted octanol–water partition coefficient (Wildman–Crippen LogP) is 3.95. The lowest BCUT2D eigenvalue weighted by Crippen LogP contribution is -2.18. The first kappa shape index (κ1) is 16.0. The molecule has 1 atom stereocenters. The number of carbonyl (C=O) groups excluding carboxylic acids is 1. The molecule has 2 aromatic rings. The third-order valence-electron chi connectivity index (χ3n) is 3.20. The van der Waals surface area contributed by atoms with Crippen molar-refractivity contribution in [3.05, 3.63) is 65.5 Å². The first-order chi connectivity index (χ1) is 10.4. The van der Waals surface area contributed by atoms with E-state index in [0.717, 1.165) is 24.0 Å². The Morgan fingerprint density at radius 3 is 2.55 bits per heavy atom. The van der Waals surface area contributed by atoms with Crippen LogP contribution in [0.25, 0.3) is 0 Å². The lowest BCUT2D eigenvalue weighted by Gasteiger charge is -2.17. The van der Waals surface area contributed by atoms with E-state index in [1.807, 2.05) is 6.07 Å². The van der Waals surface area contributed by atoms with Crippen molar-refractivity contribution in [1.82, 2.24) is 4.98 Å². The van der Waals surface area contributed by atoms with Gasteiger partial charge in [0.15, 0.2) is 0 Å². The molecule has 0 saturated heterocycles. The Bertz CT molecular complexity index is 641. The highest BCUT2D eigenvalue weighted by Gasteiger charge is 2.36. The lowest BCUT2D eigenvalue weighted by atomic mass is 9.97. The molecule has 0 bridgehead atoms. The van der Waals surface area contributed by atoms with E-state index >= 15 is 0 Å². The molecule has 0 saturated carbocycles. The Labute approximate surface area is 125 Å². The van der Waals surface area contributed by atoms with Gasteiger partial charge in [-0.25, -0.2) is 0 Å². The van der Waals surface area contributed by atoms with Gasteiger partial charge in [0, 0.05) is 12.4 Å². The van der Waals surface area contributed by atoms with Crippen LogP contribution in [0.5, 0.6) is 0 Å². The molecule has 0 N–H and O–H groups in total. The van der Waals surface area contributed by atoms with Crippen LogP contribution in [0.15, 0.2) is 48.8 Å². The van der Waals surface area contributed by atoms with Gasteiger partial charge in [-0.15, -0.1) is 0 Å². The molecule has 6 heteroatoms. The molecule has 0 aliphatic carbocycles. The number of halogens is 3.